The fourth-order valence-electron chi connectivity index (χ4n) is 2.34. The van der Waals surface area contributed by atoms with Crippen molar-refractivity contribution in [2.75, 3.05) is 0 Å². The molecule has 2 aromatic carbocycles. The monoisotopic (exact) mass is 333 g/mol. The minimum Gasteiger partial charge on any atom is -0.440 e. The predicted octanol–water partition coefficient (Wildman–Crippen LogP) is 6.02. The Balaban J connectivity index is 1.93. The van der Waals surface area contributed by atoms with Crippen molar-refractivity contribution >= 4 is 34.3 Å². The van der Waals surface area contributed by atoms with Gasteiger partial charge < -0.3 is 4.42 Å². The van der Waals surface area contributed by atoms with E-state index in [1.165, 1.54) is 5.56 Å². The molecule has 0 aliphatic carbocycles. The summed E-state index contributed by atoms with van der Waals surface area (Å²) in [6, 6.07) is 11.7. The summed E-state index contributed by atoms with van der Waals surface area (Å²) >= 11 is 12.0. The molecule has 0 saturated heterocycles. The topological polar surface area (TPSA) is 26.0 Å². The summed E-state index contributed by atoms with van der Waals surface area (Å²) in [7, 11) is 0. The van der Waals surface area contributed by atoms with E-state index in [0.717, 1.165) is 16.7 Å². The summed E-state index contributed by atoms with van der Waals surface area (Å²) in [5, 5.41) is 1.10. The number of nitrogens with zero attached hydrogens (tertiary/aromatic N) is 1. The first-order valence-electron chi connectivity index (χ1n) is 7.17. The Labute approximate surface area is 140 Å². The van der Waals surface area contributed by atoms with Gasteiger partial charge in [-0.05, 0) is 40.8 Å². The molecule has 0 aliphatic heterocycles. The predicted molar refractivity (Wildman–Crippen MR) is 92.0 cm³/mol. The van der Waals surface area contributed by atoms with Crippen LogP contribution in [0.15, 0.2) is 40.8 Å². The fourth-order valence-corrected chi connectivity index (χ4v) is 2.66. The standard InChI is InChI=1S/C18H17Cl2NO/c1-18(2,3)12-5-7-16-15(10-12)21-17(22-16)9-11-4-6-13(19)14(20)8-11/h4-8,10H,9H2,1-3H3. The summed E-state index contributed by atoms with van der Waals surface area (Å²) in [5.74, 6) is 0.680. The highest BCUT2D eigenvalue weighted by molar-refractivity contribution is 6.42. The van der Waals surface area contributed by atoms with Crippen molar-refractivity contribution in [1.82, 2.24) is 4.98 Å². The van der Waals surface area contributed by atoms with Crippen LogP contribution in [0.1, 0.15) is 37.8 Å². The first-order chi connectivity index (χ1) is 10.3. The summed E-state index contributed by atoms with van der Waals surface area (Å²) in [4.78, 5) is 4.59. The lowest BCUT2D eigenvalue weighted by atomic mass is 9.87. The molecule has 2 nitrogen and oxygen atoms in total. The molecule has 3 aromatic rings. The highest BCUT2D eigenvalue weighted by Gasteiger charge is 2.16. The Kier molecular flexibility index (Phi) is 3.92. The van der Waals surface area contributed by atoms with Crippen molar-refractivity contribution in [3.05, 3.63) is 63.5 Å². The largest absolute Gasteiger partial charge is 0.440 e. The molecule has 0 bridgehead atoms. The average molecular weight is 334 g/mol. The number of fused-ring (bicyclic) bond motifs is 1. The molecule has 1 aromatic heterocycles. The molecule has 0 saturated carbocycles. The maximum atomic E-state index is 6.05. The van der Waals surface area contributed by atoms with Crippen LogP contribution in [-0.2, 0) is 11.8 Å². The SMILES string of the molecule is CC(C)(C)c1ccc2oc(Cc3ccc(Cl)c(Cl)c3)nc2c1. The van der Waals surface area contributed by atoms with E-state index >= 15 is 0 Å². The number of aromatic nitrogens is 1. The van der Waals surface area contributed by atoms with E-state index in [9.17, 15) is 0 Å². The van der Waals surface area contributed by atoms with Crippen molar-refractivity contribution in [3.8, 4) is 0 Å². The lowest BCUT2D eigenvalue weighted by Crippen LogP contribution is -2.10. The van der Waals surface area contributed by atoms with E-state index in [4.69, 9.17) is 27.6 Å². The first-order valence-corrected chi connectivity index (χ1v) is 7.92. The van der Waals surface area contributed by atoms with E-state index in [2.05, 4.69) is 37.9 Å². The molecule has 114 valence electrons. The molecular weight excluding hydrogens is 317 g/mol. The zero-order valence-corrected chi connectivity index (χ0v) is 14.3. The number of halogens is 2. The zero-order chi connectivity index (χ0) is 15.9. The highest BCUT2D eigenvalue weighted by Crippen LogP contribution is 2.28. The van der Waals surface area contributed by atoms with E-state index in [0.29, 0.717) is 22.4 Å². The van der Waals surface area contributed by atoms with Crippen molar-refractivity contribution in [2.45, 2.75) is 32.6 Å². The third-order valence-electron chi connectivity index (χ3n) is 3.64. The van der Waals surface area contributed by atoms with Gasteiger partial charge in [-0.1, -0.05) is 56.1 Å². The number of hydrogen-bond donors (Lipinski definition) is 0. The van der Waals surface area contributed by atoms with E-state index in [1.54, 1.807) is 6.07 Å². The van der Waals surface area contributed by atoms with E-state index < -0.39 is 0 Å². The zero-order valence-electron chi connectivity index (χ0n) is 12.8. The molecular formula is C18H17Cl2NO. The van der Waals surface area contributed by atoms with Crippen molar-refractivity contribution < 1.29 is 4.42 Å². The molecule has 3 rings (SSSR count). The van der Waals surface area contributed by atoms with Gasteiger partial charge >= 0.3 is 0 Å². The molecule has 0 N–H and O–H groups in total. The molecule has 1 heterocycles. The quantitative estimate of drug-likeness (QED) is 0.572. The van der Waals surface area contributed by atoms with Crippen LogP contribution < -0.4 is 0 Å². The molecule has 0 spiro atoms. The maximum absolute atomic E-state index is 6.05. The third-order valence-corrected chi connectivity index (χ3v) is 4.38. The Morgan fingerprint density at radius 2 is 1.77 bits per heavy atom. The average Bonchev–Trinajstić information content (AvgIpc) is 2.83. The van der Waals surface area contributed by atoms with E-state index in [-0.39, 0.29) is 5.41 Å². The lowest BCUT2D eigenvalue weighted by molar-refractivity contribution is 0.543. The second kappa shape index (κ2) is 5.60. The first kappa shape index (κ1) is 15.4. The summed E-state index contributed by atoms with van der Waals surface area (Å²) in [6.07, 6.45) is 0.594. The molecule has 4 heteroatoms. The minimum atomic E-state index is 0.0943. The van der Waals surface area contributed by atoms with Crippen LogP contribution in [-0.4, -0.2) is 4.98 Å². The van der Waals surface area contributed by atoms with Gasteiger partial charge in [0.25, 0.3) is 0 Å². The normalized spacial score (nSPS) is 12.0. The third kappa shape index (κ3) is 3.13. The van der Waals surface area contributed by atoms with Gasteiger partial charge in [-0.2, -0.15) is 0 Å². The summed E-state index contributed by atoms with van der Waals surface area (Å²) in [6.45, 7) is 6.56. The highest BCUT2D eigenvalue weighted by atomic mass is 35.5. The van der Waals surface area contributed by atoms with Crippen LogP contribution in [0.25, 0.3) is 11.1 Å². The molecule has 0 atom stereocenters. The molecule has 0 fully saturated rings. The Morgan fingerprint density at radius 1 is 1.00 bits per heavy atom. The van der Waals surface area contributed by atoms with Crippen molar-refractivity contribution in [3.63, 3.8) is 0 Å². The molecule has 0 aliphatic rings. The second-order valence-electron chi connectivity index (χ2n) is 6.47. The van der Waals surface area contributed by atoms with Crippen LogP contribution in [0.2, 0.25) is 10.0 Å². The van der Waals surface area contributed by atoms with Gasteiger partial charge in [-0.15, -0.1) is 0 Å². The summed E-state index contributed by atoms with van der Waals surface area (Å²) < 4.78 is 5.82. The van der Waals surface area contributed by atoms with Gasteiger partial charge in [0.1, 0.15) is 5.52 Å². The van der Waals surface area contributed by atoms with Gasteiger partial charge in [0.05, 0.1) is 10.0 Å². The maximum Gasteiger partial charge on any atom is 0.199 e. The molecule has 0 radical (unpaired) electrons. The van der Waals surface area contributed by atoms with Crippen LogP contribution in [0.4, 0.5) is 0 Å². The number of benzene rings is 2. The lowest BCUT2D eigenvalue weighted by Gasteiger charge is -2.18. The van der Waals surface area contributed by atoms with Crippen molar-refractivity contribution in [1.29, 1.82) is 0 Å². The fraction of sp³-hybridized carbons (Fsp3) is 0.278. The minimum absolute atomic E-state index is 0.0943. The van der Waals surface area contributed by atoms with Crippen LogP contribution in [0.5, 0.6) is 0 Å². The van der Waals surface area contributed by atoms with Gasteiger partial charge in [-0.25, -0.2) is 4.98 Å². The van der Waals surface area contributed by atoms with Gasteiger partial charge in [0.15, 0.2) is 11.5 Å². The van der Waals surface area contributed by atoms with E-state index in [1.807, 2.05) is 18.2 Å². The Hall–Kier alpha value is -1.51. The van der Waals surface area contributed by atoms with Crippen LogP contribution in [0.3, 0.4) is 0 Å². The van der Waals surface area contributed by atoms with Gasteiger partial charge in [-0.3, -0.25) is 0 Å². The van der Waals surface area contributed by atoms with Gasteiger partial charge in [0.2, 0.25) is 0 Å². The van der Waals surface area contributed by atoms with Crippen molar-refractivity contribution in [2.24, 2.45) is 0 Å². The number of oxazole rings is 1. The Morgan fingerprint density at radius 3 is 2.45 bits per heavy atom. The van der Waals surface area contributed by atoms with Crippen LogP contribution >= 0.6 is 23.2 Å². The molecule has 0 amide bonds. The summed E-state index contributed by atoms with van der Waals surface area (Å²) in [5.41, 5.74) is 4.06. The second-order valence-corrected chi connectivity index (χ2v) is 7.28. The molecule has 22 heavy (non-hydrogen) atoms. The Bertz CT molecular complexity index is 831. The number of hydrogen-bond acceptors (Lipinski definition) is 2. The van der Waals surface area contributed by atoms with Crippen LogP contribution in [0, 0.1) is 0 Å². The molecule has 0 unspecified atom stereocenters. The number of rotatable bonds is 2. The van der Waals surface area contributed by atoms with Gasteiger partial charge in [0, 0.05) is 6.42 Å². The smallest absolute Gasteiger partial charge is 0.199 e.